The van der Waals surface area contributed by atoms with Crippen LogP contribution in [0.5, 0.6) is 5.75 Å². The molecule has 1 heterocycles. The lowest BCUT2D eigenvalue weighted by Gasteiger charge is -2.10. The van der Waals surface area contributed by atoms with Crippen molar-refractivity contribution in [2.24, 2.45) is 9.36 Å². The first kappa shape index (κ1) is 20.4. The molecule has 8 heteroatoms. The Morgan fingerprint density at radius 1 is 1.38 bits per heavy atom. The van der Waals surface area contributed by atoms with Gasteiger partial charge < -0.3 is 9.64 Å². The number of rotatable bonds is 6. The van der Waals surface area contributed by atoms with Gasteiger partial charge in [0.25, 0.3) is 0 Å². The lowest BCUT2D eigenvalue weighted by molar-refractivity contribution is 0.413. The van der Waals surface area contributed by atoms with E-state index >= 15 is 0 Å². The minimum Gasteiger partial charge on any atom is -0.497 e. The van der Waals surface area contributed by atoms with Crippen LogP contribution in [-0.4, -0.2) is 47.4 Å². The molecular weight excluding hydrogens is 416 g/mol. The highest BCUT2D eigenvalue weighted by Crippen LogP contribution is 2.32. The number of nitrogens with zero attached hydrogens (tertiary/aromatic N) is 4. The maximum atomic E-state index is 13.1. The van der Waals surface area contributed by atoms with Gasteiger partial charge in [-0.1, -0.05) is 6.07 Å². The van der Waals surface area contributed by atoms with E-state index in [1.54, 1.807) is 44.0 Å². The van der Waals surface area contributed by atoms with E-state index in [9.17, 15) is 4.21 Å². The van der Waals surface area contributed by atoms with Crippen molar-refractivity contribution in [1.82, 2.24) is 9.88 Å². The maximum Gasteiger partial charge on any atom is 0.176 e. The van der Waals surface area contributed by atoms with Crippen molar-refractivity contribution in [1.29, 1.82) is 0 Å². The van der Waals surface area contributed by atoms with Crippen LogP contribution in [0.15, 0.2) is 49.1 Å². The zero-order valence-electron chi connectivity index (χ0n) is 15.6. The zero-order valence-corrected chi connectivity index (χ0v) is 18.0. The second-order valence-corrected chi connectivity index (χ2v) is 8.90. The minimum absolute atomic E-state index is 0.389. The molecule has 0 saturated carbocycles. The molecule has 0 aliphatic carbocycles. The molecule has 0 spiro atoms. The van der Waals surface area contributed by atoms with E-state index in [2.05, 4.69) is 30.3 Å². The lowest BCUT2D eigenvalue weighted by atomic mass is 10.3. The maximum absolute atomic E-state index is 13.1. The Hall–Kier alpha value is -1.93. The number of aromatic nitrogens is 1. The van der Waals surface area contributed by atoms with Gasteiger partial charge in [-0.3, -0.25) is 0 Å². The molecule has 0 bridgehead atoms. The summed E-state index contributed by atoms with van der Waals surface area (Å²) in [7, 11) is 0.852. The topological polar surface area (TPSA) is 67.2 Å². The molecule has 0 aliphatic rings. The Labute approximate surface area is 163 Å². The normalized spacial score (nSPS) is 13.5. The number of ether oxygens (including phenoxy) is 1. The minimum atomic E-state index is -2.67. The first-order valence-electron chi connectivity index (χ1n) is 8.04. The molecule has 0 aliphatic heterocycles. The van der Waals surface area contributed by atoms with Gasteiger partial charge in [0.05, 0.1) is 43.9 Å². The number of halogens is 1. The summed E-state index contributed by atoms with van der Waals surface area (Å²) in [6, 6.07) is 8.93. The van der Waals surface area contributed by atoms with Crippen molar-refractivity contribution in [2.75, 3.05) is 27.0 Å². The second-order valence-electron chi connectivity index (χ2n) is 5.79. The van der Waals surface area contributed by atoms with Gasteiger partial charge in [-0.25, -0.2) is 14.2 Å². The molecule has 26 heavy (non-hydrogen) atoms. The summed E-state index contributed by atoms with van der Waals surface area (Å²) in [5.74, 6) is 1.03. The average Bonchev–Trinajstić information content (AvgIpc) is 2.62. The van der Waals surface area contributed by atoms with E-state index in [0.29, 0.717) is 26.6 Å². The molecular formula is C18H23BrN4O2S. The first-order chi connectivity index (χ1) is 12.3. The van der Waals surface area contributed by atoms with Crippen molar-refractivity contribution in [3.8, 4) is 5.75 Å². The average molecular weight is 439 g/mol. The predicted octanol–water partition coefficient (Wildman–Crippen LogP) is 4.56. The molecule has 0 N–H and O–H groups in total. The Kier molecular flexibility index (Phi) is 6.77. The summed E-state index contributed by atoms with van der Waals surface area (Å²) < 4.78 is 23.4. The summed E-state index contributed by atoms with van der Waals surface area (Å²) in [4.78, 5) is 11.5. The van der Waals surface area contributed by atoms with Crippen molar-refractivity contribution in [3.05, 3.63) is 40.5 Å². The van der Waals surface area contributed by atoms with Gasteiger partial charge in [0.1, 0.15) is 5.75 Å². The monoisotopic (exact) mass is 438 g/mol. The number of hydrogen-bond acceptors (Lipinski definition) is 5. The largest absolute Gasteiger partial charge is 0.497 e. The summed E-state index contributed by atoms with van der Waals surface area (Å²) in [5, 5.41) is 0. The molecule has 6 nitrogen and oxygen atoms in total. The molecule has 0 saturated heterocycles. The van der Waals surface area contributed by atoms with Gasteiger partial charge in [-0.15, -0.1) is 0 Å². The Morgan fingerprint density at radius 2 is 2.12 bits per heavy atom. The summed E-state index contributed by atoms with van der Waals surface area (Å²) >= 11 is 3.46. The molecule has 1 aromatic heterocycles. The number of benzene rings is 1. The van der Waals surface area contributed by atoms with Crippen LogP contribution >= 0.6 is 15.9 Å². The molecule has 1 unspecified atom stereocenters. The highest BCUT2D eigenvalue weighted by Gasteiger charge is 2.12. The number of pyridine rings is 1. The molecule has 2 aromatic rings. The van der Waals surface area contributed by atoms with Crippen molar-refractivity contribution < 1.29 is 8.95 Å². The second kappa shape index (κ2) is 8.64. The Bertz CT molecular complexity index is 937. The van der Waals surface area contributed by atoms with E-state index in [0.717, 1.165) is 12.2 Å². The van der Waals surface area contributed by atoms with Gasteiger partial charge in [0.2, 0.25) is 0 Å². The summed E-state index contributed by atoms with van der Waals surface area (Å²) in [6.07, 6.45) is 3.35. The summed E-state index contributed by atoms with van der Waals surface area (Å²) in [5.41, 5.74) is 1.45. The predicted molar refractivity (Wildman–Crippen MR) is 111 cm³/mol. The lowest BCUT2D eigenvalue weighted by Crippen LogP contribution is -2.14. The zero-order chi connectivity index (χ0) is 19.3. The van der Waals surface area contributed by atoms with E-state index in [4.69, 9.17) is 4.74 Å². The molecule has 1 aromatic carbocycles. The van der Waals surface area contributed by atoms with Crippen molar-refractivity contribution in [3.63, 3.8) is 0 Å². The van der Waals surface area contributed by atoms with Crippen LogP contribution in [0.2, 0.25) is 0 Å². The fourth-order valence-corrected chi connectivity index (χ4v) is 3.80. The summed E-state index contributed by atoms with van der Waals surface area (Å²) in [6.45, 7) is 4.77. The van der Waals surface area contributed by atoms with E-state index in [1.165, 1.54) is 0 Å². The third-order valence-electron chi connectivity index (χ3n) is 3.75. The molecule has 0 fully saturated rings. The molecule has 0 radical (unpaired) electrons. The molecule has 140 valence electrons. The van der Waals surface area contributed by atoms with Crippen LogP contribution in [0.1, 0.15) is 12.6 Å². The molecule has 0 amide bonds. The van der Waals surface area contributed by atoms with E-state index in [1.807, 2.05) is 31.9 Å². The fourth-order valence-electron chi connectivity index (χ4n) is 2.05. The van der Waals surface area contributed by atoms with Crippen LogP contribution in [0.3, 0.4) is 0 Å². The quantitative estimate of drug-likeness (QED) is 0.489. The van der Waals surface area contributed by atoms with E-state index in [-0.39, 0.29) is 0 Å². The van der Waals surface area contributed by atoms with Gasteiger partial charge in [-0.05, 0) is 54.0 Å². The van der Waals surface area contributed by atoms with Crippen molar-refractivity contribution >= 4 is 43.5 Å². The third kappa shape index (κ3) is 5.04. The van der Waals surface area contributed by atoms with Gasteiger partial charge in [-0.2, -0.15) is 4.36 Å². The molecule has 1 atom stereocenters. The number of methoxy groups -OCH3 is 1. The van der Waals surface area contributed by atoms with Gasteiger partial charge in [0, 0.05) is 19.8 Å². The number of aryl methyl sites for hydroxylation is 1. The van der Waals surface area contributed by atoms with Crippen LogP contribution in [-0.2, 0) is 9.73 Å². The van der Waals surface area contributed by atoms with Crippen LogP contribution in [0.25, 0.3) is 0 Å². The van der Waals surface area contributed by atoms with Crippen molar-refractivity contribution in [2.45, 2.75) is 18.7 Å². The highest BCUT2D eigenvalue weighted by atomic mass is 79.9. The smallest absolute Gasteiger partial charge is 0.176 e. The van der Waals surface area contributed by atoms with Crippen LogP contribution in [0.4, 0.5) is 11.5 Å². The Morgan fingerprint density at radius 3 is 2.77 bits per heavy atom. The first-order valence-corrected chi connectivity index (χ1v) is 10.8. The van der Waals surface area contributed by atoms with Crippen LogP contribution in [0, 0.1) is 6.92 Å². The SMILES string of the molecule is CCN(C)/C=N\c1cc(Br)c(N=S(C)(=O)c2cccc(OC)c2)nc1C. The van der Waals surface area contributed by atoms with E-state index < -0.39 is 9.73 Å². The highest BCUT2D eigenvalue weighted by molar-refractivity contribution is 9.10. The molecule has 2 rings (SSSR count). The number of hydrogen-bond donors (Lipinski definition) is 0. The number of aliphatic imine (C=N–C) groups is 1. The standard InChI is InChI=1S/C18H23BrN4O2S/c1-6-23(3)12-20-17-11-16(19)18(21-13(17)2)22-26(5,24)15-9-7-8-14(10-15)25-4/h7-12H,6H2,1-5H3/b20-12-. The Balaban J connectivity index is 2.45. The fraction of sp³-hybridized carbons (Fsp3) is 0.333. The van der Waals surface area contributed by atoms with Gasteiger partial charge in [0.15, 0.2) is 5.82 Å². The third-order valence-corrected chi connectivity index (χ3v) is 5.99. The van der Waals surface area contributed by atoms with Gasteiger partial charge >= 0.3 is 0 Å². The van der Waals surface area contributed by atoms with Crippen LogP contribution < -0.4 is 4.74 Å².